The molecule has 2 heterocycles. The first-order valence-corrected chi connectivity index (χ1v) is 8.26. The van der Waals surface area contributed by atoms with E-state index in [2.05, 4.69) is 22.2 Å². The summed E-state index contributed by atoms with van der Waals surface area (Å²) in [7, 11) is 0. The molecular formula is C18H18F2N4O2. The number of amides is 2. The van der Waals surface area contributed by atoms with Crippen molar-refractivity contribution in [3.8, 4) is 0 Å². The van der Waals surface area contributed by atoms with Gasteiger partial charge in [0.05, 0.1) is 5.69 Å². The normalized spacial score (nSPS) is 13.0. The second kappa shape index (κ2) is 7.47. The summed E-state index contributed by atoms with van der Waals surface area (Å²) < 4.78 is 29.3. The van der Waals surface area contributed by atoms with Crippen molar-refractivity contribution in [2.24, 2.45) is 0 Å². The Balaban J connectivity index is 1.94. The molecule has 0 saturated heterocycles. The third-order valence-electron chi connectivity index (χ3n) is 4.14. The number of rotatable bonds is 5. The number of imidazole rings is 1. The summed E-state index contributed by atoms with van der Waals surface area (Å²) >= 11 is 0. The van der Waals surface area contributed by atoms with Crippen molar-refractivity contribution in [2.75, 3.05) is 11.9 Å². The van der Waals surface area contributed by atoms with E-state index in [4.69, 9.17) is 0 Å². The van der Waals surface area contributed by atoms with Crippen molar-refractivity contribution in [1.82, 2.24) is 14.9 Å². The third kappa shape index (κ3) is 3.35. The van der Waals surface area contributed by atoms with Gasteiger partial charge in [-0.05, 0) is 31.4 Å². The van der Waals surface area contributed by atoms with Crippen LogP contribution in [-0.2, 0) is 13.0 Å². The standard InChI is InChI=1S/C18H18F2N4O2/c1-2-9-21-18(26)16-22-15(13-8-3-4-10-24(13)16)17(25)23-14-11(19)6-5-7-12(14)20/h2,5-7H,1,3-4,8-10H2,(H,21,26)(H,23,25). The zero-order valence-electron chi connectivity index (χ0n) is 14.0. The lowest BCUT2D eigenvalue weighted by Crippen LogP contribution is -2.28. The van der Waals surface area contributed by atoms with Crippen molar-refractivity contribution in [3.63, 3.8) is 0 Å². The van der Waals surface area contributed by atoms with Crippen LogP contribution in [-0.4, -0.2) is 27.9 Å². The van der Waals surface area contributed by atoms with Crippen molar-refractivity contribution >= 4 is 17.5 Å². The number of hydrogen-bond donors (Lipinski definition) is 2. The summed E-state index contributed by atoms with van der Waals surface area (Å²) in [5.41, 5.74) is 0.0677. The van der Waals surface area contributed by atoms with Gasteiger partial charge in [0.15, 0.2) is 11.5 Å². The highest BCUT2D eigenvalue weighted by Gasteiger charge is 2.28. The highest BCUT2D eigenvalue weighted by atomic mass is 19.1. The Morgan fingerprint density at radius 2 is 1.96 bits per heavy atom. The molecule has 1 aromatic carbocycles. The van der Waals surface area contributed by atoms with Crippen LogP contribution in [0, 0.1) is 11.6 Å². The average Bonchev–Trinajstić information content (AvgIpc) is 3.02. The first-order valence-electron chi connectivity index (χ1n) is 8.26. The SMILES string of the molecule is C=CCNC(=O)c1nc(C(=O)Nc2c(F)cccc2F)c2n1CCCC2. The molecule has 0 fully saturated rings. The molecule has 6 nitrogen and oxygen atoms in total. The van der Waals surface area contributed by atoms with Crippen molar-refractivity contribution in [3.05, 3.63) is 59.7 Å². The van der Waals surface area contributed by atoms with Crippen LogP contribution in [0.4, 0.5) is 14.5 Å². The summed E-state index contributed by atoms with van der Waals surface area (Å²) in [6.07, 6.45) is 3.79. The number of anilines is 1. The summed E-state index contributed by atoms with van der Waals surface area (Å²) in [6.45, 7) is 4.36. The Hall–Kier alpha value is -3.03. The fraction of sp³-hybridized carbons (Fsp3) is 0.278. The first kappa shape index (κ1) is 17.8. The summed E-state index contributed by atoms with van der Waals surface area (Å²) in [5, 5.41) is 4.85. The van der Waals surface area contributed by atoms with E-state index in [0.29, 0.717) is 18.7 Å². The van der Waals surface area contributed by atoms with Crippen molar-refractivity contribution in [2.45, 2.75) is 25.8 Å². The maximum atomic E-state index is 13.8. The van der Waals surface area contributed by atoms with E-state index in [0.717, 1.165) is 25.0 Å². The van der Waals surface area contributed by atoms with Gasteiger partial charge in [-0.25, -0.2) is 13.8 Å². The second-order valence-corrected chi connectivity index (χ2v) is 5.89. The van der Waals surface area contributed by atoms with Crippen molar-refractivity contribution < 1.29 is 18.4 Å². The second-order valence-electron chi connectivity index (χ2n) is 5.89. The predicted molar refractivity (Wildman–Crippen MR) is 92.0 cm³/mol. The molecule has 8 heteroatoms. The molecule has 1 aliphatic heterocycles. The molecule has 2 N–H and O–H groups in total. The molecule has 0 radical (unpaired) electrons. The lowest BCUT2D eigenvalue weighted by molar-refractivity contribution is 0.0942. The van der Waals surface area contributed by atoms with E-state index in [1.807, 2.05) is 0 Å². The first-order chi connectivity index (χ1) is 12.5. The highest BCUT2D eigenvalue weighted by Crippen LogP contribution is 2.24. The Morgan fingerprint density at radius 1 is 1.23 bits per heavy atom. The number of hydrogen-bond acceptors (Lipinski definition) is 3. The molecular weight excluding hydrogens is 342 g/mol. The molecule has 3 rings (SSSR count). The van der Waals surface area contributed by atoms with Crippen LogP contribution in [0.25, 0.3) is 0 Å². The van der Waals surface area contributed by atoms with Crippen LogP contribution >= 0.6 is 0 Å². The lowest BCUT2D eigenvalue weighted by Gasteiger charge is -2.17. The van der Waals surface area contributed by atoms with Gasteiger partial charge in [0, 0.05) is 13.1 Å². The van der Waals surface area contributed by atoms with E-state index in [1.165, 1.54) is 12.1 Å². The van der Waals surface area contributed by atoms with Crippen LogP contribution in [0.2, 0.25) is 0 Å². The van der Waals surface area contributed by atoms with Gasteiger partial charge in [-0.15, -0.1) is 6.58 Å². The monoisotopic (exact) mass is 360 g/mol. The largest absolute Gasteiger partial charge is 0.346 e. The fourth-order valence-corrected chi connectivity index (χ4v) is 2.93. The fourth-order valence-electron chi connectivity index (χ4n) is 2.93. The number of nitrogens with one attached hydrogen (secondary N) is 2. The average molecular weight is 360 g/mol. The number of fused-ring (bicyclic) bond motifs is 1. The van der Waals surface area contributed by atoms with E-state index >= 15 is 0 Å². The minimum Gasteiger partial charge on any atom is -0.346 e. The number of para-hydroxylation sites is 1. The molecule has 1 aliphatic rings. The number of benzene rings is 1. The van der Waals surface area contributed by atoms with Gasteiger partial charge in [-0.2, -0.15) is 0 Å². The van der Waals surface area contributed by atoms with Gasteiger partial charge in [-0.1, -0.05) is 12.1 Å². The number of carbonyl (C=O) groups is 2. The Bertz CT molecular complexity index is 856. The molecule has 136 valence electrons. The number of nitrogens with zero attached hydrogens (tertiary/aromatic N) is 2. The van der Waals surface area contributed by atoms with Crippen LogP contribution in [0.15, 0.2) is 30.9 Å². The summed E-state index contributed by atoms with van der Waals surface area (Å²) in [5.74, 6) is -2.82. The van der Waals surface area contributed by atoms with E-state index in [-0.39, 0.29) is 18.1 Å². The van der Waals surface area contributed by atoms with Gasteiger partial charge >= 0.3 is 0 Å². The Kier molecular flexibility index (Phi) is 5.11. The molecule has 2 amide bonds. The van der Waals surface area contributed by atoms with Gasteiger partial charge in [0.1, 0.15) is 17.3 Å². The molecule has 2 aromatic rings. The van der Waals surface area contributed by atoms with Crippen LogP contribution in [0.1, 0.15) is 39.6 Å². The van der Waals surface area contributed by atoms with Crippen LogP contribution < -0.4 is 10.6 Å². The molecule has 0 aliphatic carbocycles. The molecule has 1 aromatic heterocycles. The van der Waals surface area contributed by atoms with E-state index < -0.39 is 29.1 Å². The van der Waals surface area contributed by atoms with Gasteiger partial charge in [0.2, 0.25) is 0 Å². The van der Waals surface area contributed by atoms with Crippen LogP contribution in [0.3, 0.4) is 0 Å². The number of halogens is 2. The molecule has 0 unspecified atom stereocenters. The number of carbonyl (C=O) groups excluding carboxylic acids is 2. The van der Waals surface area contributed by atoms with Gasteiger partial charge < -0.3 is 15.2 Å². The van der Waals surface area contributed by atoms with E-state index in [9.17, 15) is 18.4 Å². The van der Waals surface area contributed by atoms with Gasteiger partial charge in [-0.3, -0.25) is 9.59 Å². The lowest BCUT2D eigenvalue weighted by atomic mass is 10.1. The summed E-state index contributed by atoms with van der Waals surface area (Å²) in [6, 6.07) is 3.31. The highest BCUT2D eigenvalue weighted by molar-refractivity contribution is 6.05. The smallest absolute Gasteiger partial charge is 0.287 e. The predicted octanol–water partition coefficient (Wildman–Crippen LogP) is 2.67. The molecule has 26 heavy (non-hydrogen) atoms. The van der Waals surface area contributed by atoms with Gasteiger partial charge in [0.25, 0.3) is 11.8 Å². The molecule has 0 bridgehead atoms. The minimum atomic E-state index is -0.879. The Morgan fingerprint density at radius 3 is 2.65 bits per heavy atom. The van der Waals surface area contributed by atoms with Crippen molar-refractivity contribution in [1.29, 1.82) is 0 Å². The van der Waals surface area contributed by atoms with E-state index in [1.54, 1.807) is 4.57 Å². The maximum Gasteiger partial charge on any atom is 0.287 e. The molecule has 0 saturated carbocycles. The maximum absolute atomic E-state index is 13.8. The van der Waals surface area contributed by atoms with Crippen LogP contribution in [0.5, 0.6) is 0 Å². The topological polar surface area (TPSA) is 76.0 Å². The quantitative estimate of drug-likeness (QED) is 0.805. The molecule has 0 atom stereocenters. The zero-order valence-corrected chi connectivity index (χ0v) is 14.0. The zero-order chi connectivity index (χ0) is 18.7. The minimum absolute atomic E-state index is 0.0103. The molecule has 0 spiro atoms. The summed E-state index contributed by atoms with van der Waals surface area (Å²) in [4.78, 5) is 29.0. The Labute approximate surface area is 148 Å². The number of aromatic nitrogens is 2. The third-order valence-corrected chi connectivity index (χ3v) is 4.14.